The molecule has 4 aromatic rings. The molecule has 0 spiro atoms. The molecule has 4 aromatic carbocycles. The second-order valence-corrected chi connectivity index (χ2v) is 12.5. The van der Waals surface area contributed by atoms with Crippen molar-refractivity contribution in [3.8, 4) is 0 Å². The topological polar surface area (TPSA) is 86.8 Å². The molecule has 7 nitrogen and oxygen atoms in total. The van der Waals surface area contributed by atoms with E-state index in [-0.39, 0.29) is 23.8 Å². The Hall–Kier alpha value is -4.50. The molecule has 0 unspecified atom stereocenters. The van der Waals surface area contributed by atoms with Gasteiger partial charge in [-0.15, -0.1) is 0 Å². The fourth-order valence-corrected chi connectivity index (χ4v) is 6.24. The van der Waals surface area contributed by atoms with Crippen LogP contribution in [0.4, 0.5) is 10.1 Å². The predicted octanol–water partition coefficient (Wildman–Crippen LogP) is 5.89. The first-order chi connectivity index (χ1) is 21.2. The summed E-state index contributed by atoms with van der Waals surface area (Å²) in [6, 6.07) is 28.9. The third-order valence-electron chi connectivity index (χ3n) is 7.30. The third kappa shape index (κ3) is 8.54. The van der Waals surface area contributed by atoms with Crippen LogP contribution in [0, 0.1) is 12.7 Å². The maximum atomic E-state index is 14.4. The molecule has 0 radical (unpaired) electrons. The number of nitrogens with zero attached hydrogens (tertiary/aromatic N) is 2. The lowest BCUT2D eigenvalue weighted by Crippen LogP contribution is -2.53. The van der Waals surface area contributed by atoms with Gasteiger partial charge in [0.2, 0.25) is 11.8 Å². The van der Waals surface area contributed by atoms with E-state index in [2.05, 4.69) is 5.32 Å². The maximum absolute atomic E-state index is 14.4. The van der Waals surface area contributed by atoms with Crippen LogP contribution in [0.5, 0.6) is 0 Å². The minimum Gasteiger partial charge on any atom is -0.354 e. The average Bonchev–Trinajstić information content (AvgIpc) is 3.03. The van der Waals surface area contributed by atoms with E-state index in [4.69, 9.17) is 0 Å². The zero-order chi connectivity index (χ0) is 31.5. The lowest BCUT2D eigenvalue weighted by Gasteiger charge is -2.34. The highest BCUT2D eigenvalue weighted by Crippen LogP contribution is 2.25. The van der Waals surface area contributed by atoms with Gasteiger partial charge in [0.15, 0.2) is 0 Å². The molecular weight excluding hydrogens is 577 g/mol. The van der Waals surface area contributed by atoms with Gasteiger partial charge in [-0.25, -0.2) is 12.8 Å². The first kappa shape index (κ1) is 32.4. The van der Waals surface area contributed by atoms with E-state index in [1.807, 2.05) is 44.2 Å². The number of sulfonamides is 1. The summed E-state index contributed by atoms with van der Waals surface area (Å²) in [5.74, 6) is -1.34. The number of anilines is 1. The zero-order valence-corrected chi connectivity index (χ0v) is 25.8. The van der Waals surface area contributed by atoms with E-state index in [1.165, 1.54) is 29.2 Å². The second kappa shape index (κ2) is 15.3. The van der Waals surface area contributed by atoms with Crippen molar-refractivity contribution in [2.45, 2.75) is 50.6 Å². The maximum Gasteiger partial charge on any atom is 0.264 e. The lowest BCUT2D eigenvalue weighted by molar-refractivity contribution is -0.140. The Morgan fingerprint density at radius 2 is 1.43 bits per heavy atom. The Labute approximate surface area is 259 Å². The number of hydrogen-bond acceptors (Lipinski definition) is 4. The van der Waals surface area contributed by atoms with Crippen LogP contribution in [0.2, 0.25) is 0 Å². The lowest BCUT2D eigenvalue weighted by atomic mass is 10.0. The van der Waals surface area contributed by atoms with Crippen molar-refractivity contribution in [1.82, 2.24) is 10.2 Å². The molecule has 0 aliphatic rings. The fraction of sp³-hybridized carbons (Fsp3) is 0.257. The highest BCUT2D eigenvalue weighted by Gasteiger charge is 2.34. The molecule has 2 amide bonds. The zero-order valence-electron chi connectivity index (χ0n) is 25.0. The van der Waals surface area contributed by atoms with Crippen LogP contribution in [0.3, 0.4) is 0 Å². The summed E-state index contributed by atoms with van der Waals surface area (Å²) < 4.78 is 42.8. The molecule has 1 atom stereocenters. The number of unbranched alkanes of at least 4 members (excludes halogenated alkanes) is 1. The van der Waals surface area contributed by atoms with Gasteiger partial charge in [0.1, 0.15) is 18.4 Å². The van der Waals surface area contributed by atoms with Gasteiger partial charge >= 0.3 is 0 Å². The van der Waals surface area contributed by atoms with Gasteiger partial charge in [0.05, 0.1) is 10.6 Å². The van der Waals surface area contributed by atoms with Crippen molar-refractivity contribution in [1.29, 1.82) is 0 Å². The van der Waals surface area contributed by atoms with Crippen molar-refractivity contribution >= 4 is 27.5 Å². The Morgan fingerprint density at radius 1 is 0.818 bits per heavy atom. The first-order valence-electron chi connectivity index (χ1n) is 14.7. The molecule has 0 aliphatic carbocycles. The number of aryl methyl sites for hydroxylation is 1. The molecule has 0 heterocycles. The van der Waals surface area contributed by atoms with Gasteiger partial charge in [0, 0.05) is 19.5 Å². The molecule has 0 aliphatic heterocycles. The quantitative estimate of drug-likeness (QED) is 0.179. The van der Waals surface area contributed by atoms with Gasteiger partial charge in [-0.3, -0.25) is 13.9 Å². The van der Waals surface area contributed by atoms with Crippen molar-refractivity contribution in [3.05, 3.63) is 132 Å². The Balaban J connectivity index is 1.77. The van der Waals surface area contributed by atoms with Crippen molar-refractivity contribution in [3.63, 3.8) is 0 Å². The number of amides is 2. The minimum absolute atomic E-state index is 0.0229. The number of hydrogen-bond donors (Lipinski definition) is 1. The summed E-state index contributed by atoms with van der Waals surface area (Å²) in [5, 5.41) is 2.96. The van der Waals surface area contributed by atoms with Crippen LogP contribution in [-0.4, -0.2) is 44.3 Å². The largest absolute Gasteiger partial charge is 0.354 e. The molecule has 4 rings (SSSR count). The molecular formula is C35H38FN3O4S. The summed E-state index contributed by atoms with van der Waals surface area (Å²) in [4.78, 5) is 29.5. The van der Waals surface area contributed by atoms with Crippen LogP contribution in [-0.2, 0) is 32.6 Å². The Kier molecular flexibility index (Phi) is 11.3. The molecule has 44 heavy (non-hydrogen) atoms. The van der Waals surface area contributed by atoms with E-state index in [0.717, 1.165) is 28.3 Å². The van der Waals surface area contributed by atoms with E-state index in [9.17, 15) is 22.4 Å². The molecule has 0 aromatic heterocycles. The fourth-order valence-electron chi connectivity index (χ4n) is 4.81. The van der Waals surface area contributed by atoms with Crippen LogP contribution >= 0.6 is 0 Å². The average molecular weight is 616 g/mol. The van der Waals surface area contributed by atoms with Crippen LogP contribution in [0.1, 0.15) is 36.5 Å². The number of carbonyl (C=O) groups excluding carboxylic acids is 2. The summed E-state index contributed by atoms with van der Waals surface area (Å²) in [7, 11) is -4.16. The number of nitrogens with one attached hydrogen (secondary N) is 1. The van der Waals surface area contributed by atoms with Gasteiger partial charge < -0.3 is 10.2 Å². The summed E-state index contributed by atoms with van der Waals surface area (Å²) in [6.07, 6.45) is 1.86. The second-order valence-electron chi connectivity index (χ2n) is 10.7. The van der Waals surface area contributed by atoms with Gasteiger partial charge in [-0.2, -0.15) is 0 Å². The molecule has 1 N–H and O–H groups in total. The molecule has 0 saturated heterocycles. The van der Waals surface area contributed by atoms with Crippen molar-refractivity contribution < 1.29 is 22.4 Å². The molecule has 9 heteroatoms. The summed E-state index contributed by atoms with van der Waals surface area (Å²) in [6.45, 7) is 3.78. The van der Waals surface area contributed by atoms with E-state index in [1.54, 1.807) is 54.6 Å². The van der Waals surface area contributed by atoms with Crippen LogP contribution < -0.4 is 9.62 Å². The first-order valence-corrected chi connectivity index (χ1v) is 16.1. The predicted molar refractivity (Wildman–Crippen MR) is 171 cm³/mol. The molecule has 0 fully saturated rings. The minimum atomic E-state index is -4.16. The Morgan fingerprint density at radius 3 is 2.05 bits per heavy atom. The molecule has 230 valence electrons. The monoisotopic (exact) mass is 615 g/mol. The Bertz CT molecular complexity index is 1610. The third-order valence-corrected chi connectivity index (χ3v) is 9.09. The standard InChI is InChI=1S/C35H38FN3O4S/c1-3-4-23-37-35(41)33(24-28-11-7-5-8-12-28)38(25-29-17-19-30(36)20-18-29)34(40)26-39(31-21-15-27(2)16-22-31)44(42,43)32-13-9-6-10-14-32/h5-22,33H,3-4,23-26H2,1-2H3,(H,37,41)/t33-/m1/s1. The summed E-state index contributed by atoms with van der Waals surface area (Å²) in [5.41, 5.74) is 2.70. The van der Waals surface area contributed by atoms with E-state index < -0.39 is 34.3 Å². The smallest absolute Gasteiger partial charge is 0.264 e. The van der Waals surface area contributed by atoms with Gasteiger partial charge in [-0.05, 0) is 60.9 Å². The SMILES string of the molecule is CCCCNC(=O)[C@@H](Cc1ccccc1)N(Cc1ccc(F)cc1)C(=O)CN(c1ccc(C)cc1)S(=O)(=O)c1ccccc1. The molecule has 0 saturated carbocycles. The number of halogens is 1. The number of rotatable bonds is 14. The normalized spacial score (nSPS) is 11.9. The number of carbonyl (C=O) groups is 2. The molecule has 0 bridgehead atoms. The van der Waals surface area contributed by atoms with Gasteiger partial charge in [-0.1, -0.05) is 91.7 Å². The van der Waals surface area contributed by atoms with E-state index in [0.29, 0.717) is 17.8 Å². The van der Waals surface area contributed by atoms with Gasteiger partial charge in [0.25, 0.3) is 10.0 Å². The summed E-state index contributed by atoms with van der Waals surface area (Å²) >= 11 is 0. The van der Waals surface area contributed by atoms with Crippen molar-refractivity contribution in [2.75, 3.05) is 17.4 Å². The number of benzene rings is 4. The van der Waals surface area contributed by atoms with Crippen LogP contribution in [0.25, 0.3) is 0 Å². The van der Waals surface area contributed by atoms with E-state index >= 15 is 0 Å². The highest BCUT2D eigenvalue weighted by atomic mass is 32.2. The highest BCUT2D eigenvalue weighted by molar-refractivity contribution is 7.92. The van der Waals surface area contributed by atoms with Crippen LogP contribution in [0.15, 0.2) is 114 Å². The van der Waals surface area contributed by atoms with Crippen molar-refractivity contribution in [2.24, 2.45) is 0 Å².